The SMILES string of the molecule is O=C(COc1ccccc1)N1CCCC[C@@H]1c1nc(-c2cccc(Cl)c2)no1. The number of hydrogen-bond donors (Lipinski definition) is 0. The molecule has 1 saturated heterocycles. The molecule has 4 rings (SSSR count). The number of benzene rings is 2. The molecule has 0 radical (unpaired) electrons. The van der Waals surface area contributed by atoms with Crippen LogP contribution in [0.2, 0.25) is 5.02 Å². The van der Waals surface area contributed by atoms with Gasteiger partial charge in [0.15, 0.2) is 6.61 Å². The zero-order valence-electron chi connectivity index (χ0n) is 15.3. The van der Waals surface area contributed by atoms with Crippen molar-refractivity contribution in [2.45, 2.75) is 25.3 Å². The zero-order chi connectivity index (χ0) is 19.3. The van der Waals surface area contributed by atoms with Crippen molar-refractivity contribution >= 4 is 17.5 Å². The summed E-state index contributed by atoms with van der Waals surface area (Å²) in [6.45, 7) is 0.631. The van der Waals surface area contributed by atoms with Crippen molar-refractivity contribution in [2.75, 3.05) is 13.2 Å². The molecule has 1 atom stereocenters. The maximum atomic E-state index is 12.8. The minimum absolute atomic E-state index is 0.0181. The second-order valence-electron chi connectivity index (χ2n) is 6.67. The normalized spacial score (nSPS) is 16.8. The molecule has 6 nitrogen and oxygen atoms in total. The molecule has 1 amide bonds. The zero-order valence-corrected chi connectivity index (χ0v) is 16.0. The number of likely N-dealkylation sites (tertiary alicyclic amines) is 1. The Balaban J connectivity index is 1.48. The molecule has 2 aromatic carbocycles. The van der Waals surface area contributed by atoms with E-state index in [0.717, 1.165) is 24.8 Å². The summed E-state index contributed by atoms with van der Waals surface area (Å²) in [7, 11) is 0. The van der Waals surface area contributed by atoms with Crippen LogP contribution in [0.3, 0.4) is 0 Å². The molecule has 0 saturated carbocycles. The van der Waals surface area contributed by atoms with Crippen LogP contribution in [0.15, 0.2) is 59.1 Å². The molecule has 0 spiro atoms. The number of para-hydroxylation sites is 1. The summed E-state index contributed by atoms with van der Waals surface area (Å²) in [5.74, 6) is 1.50. The van der Waals surface area contributed by atoms with Crippen molar-refractivity contribution in [3.63, 3.8) is 0 Å². The molecule has 1 aromatic heterocycles. The van der Waals surface area contributed by atoms with Crippen LogP contribution in [0.1, 0.15) is 31.2 Å². The van der Waals surface area contributed by atoms with Gasteiger partial charge in [0, 0.05) is 17.1 Å². The highest BCUT2D eigenvalue weighted by Gasteiger charge is 2.32. The summed E-state index contributed by atoms with van der Waals surface area (Å²) in [5, 5.41) is 4.68. The average molecular weight is 398 g/mol. The van der Waals surface area contributed by atoms with E-state index >= 15 is 0 Å². The summed E-state index contributed by atoms with van der Waals surface area (Å²) in [5.41, 5.74) is 0.781. The first-order valence-electron chi connectivity index (χ1n) is 9.27. The number of rotatable bonds is 5. The Kier molecular flexibility index (Phi) is 5.58. The first-order valence-corrected chi connectivity index (χ1v) is 9.65. The van der Waals surface area contributed by atoms with Gasteiger partial charge in [-0.05, 0) is 43.5 Å². The van der Waals surface area contributed by atoms with Gasteiger partial charge in [0.2, 0.25) is 11.7 Å². The van der Waals surface area contributed by atoms with Crippen molar-refractivity contribution < 1.29 is 14.1 Å². The first kappa shape index (κ1) is 18.5. The Morgan fingerprint density at radius 3 is 2.86 bits per heavy atom. The predicted molar refractivity (Wildman–Crippen MR) is 105 cm³/mol. The third-order valence-electron chi connectivity index (χ3n) is 4.74. The summed E-state index contributed by atoms with van der Waals surface area (Å²) in [6, 6.07) is 16.4. The summed E-state index contributed by atoms with van der Waals surface area (Å²) < 4.78 is 11.1. The van der Waals surface area contributed by atoms with E-state index in [-0.39, 0.29) is 18.6 Å². The highest BCUT2D eigenvalue weighted by molar-refractivity contribution is 6.30. The van der Waals surface area contributed by atoms with Crippen LogP contribution >= 0.6 is 11.6 Å². The van der Waals surface area contributed by atoms with Crippen molar-refractivity contribution in [3.05, 3.63) is 65.5 Å². The quantitative estimate of drug-likeness (QED) is 0.633. The van der Waals surface area contributed by atoms with Gasteiger partial charge in [-0.3, -0.25) is 4.79 Å². The minimum Gasteiger partial charge on any atom is -0.484 e. The van der Waals surface area contributed by atoms with E-state index in [4.69, 9.17) is 20.9 Å². The Morgan fingerprint density at radius 2 is 2.04 bits per heavy atom. The average Bonchev–Trinajstić information content (AvgIpc) is 3.23. The Morgan fingerprint density at radius 1 is 1.18 bits per heavy atom. The largest absolute Gasteiger partial charge is 0.484 e. The number of carbonyl (C=O) groups is 1. The molecular weight excluding hydrogens is 378 g/mol. The van der Waals surface area contributed by atoms with Crippen LogP contribution in [-0.4, -0.2) is 34.1 Å². The van der Waals surface area contributed by atoms with Crippen LogP contribution in [0.4, 0.5) is 0 Å². The molecule has 1 aliphatic rings. The summed E-state index contributed by atoms with van der Waals surface area (Å²) >= 11 is 6.05. The number of nitrogens with zero attached hydrogens (tertiary/aromatic N) is 3. The lowest BCUT2D eigenvalue weighted by Crippen LogP contribution is -2.41. The van der Waals surface area contributed by atoms with Gasteiger partial charge in [-0.15, -0.1) is 0 Å². The summed E-state index contributed by atoms with van der Waals surface area (Å²) in [4.78, 5) is 19.1. The van der Waals surface area contributed by atoms with Crippen LogP contribution in [0.25, 0.3) is 11.4 Å². The van der Waals surface area contributed by atoms with Gasteiger partial charge in [0.25, 0.3) is 5.91 Å². The number of ether oxygens (including phenoxy) is 1. The lowest BCUT2D eigenvalue weighted by Gasteiger charge is -2.33. The maximum absolute atomic E-state index is 12.8. The van der Waals surface area contributed by atoms with Gasteiger partial charge < -0.3 is 14.2 Å². The molecule has 3 aromatic rings. The number of halogens is 1. The molecule has 1 aliphatic heterocycles. The monoisotopic (exact) mass is 397 g/mol. The lowest BCUT2D eigenvalue weighted by atomic mass is 10.0. The van der Waals surface area contributed by atoms with E-state index in [1.165, 1.54) is 0 Å². The fourth-order valence-electron chi connectivity index (χ4n) is 3.35. The molecule has 2 heterocycles. The number of piperidine rings is 1. The molecule has 0 aliphatic carbocycles. The number of aromatic nitrogens is 2. The van der Waals surface area contributed by atoms with E-state index < -0.39 is 0 Å². The molecule has 144 valence electrons. The van der Waals surface area contributed by atoms with Crippen LogP contribution < -0.4 is 4.74 Å². The van der Waals surface area contributed by atoms with Crippen molar-refractivity contribution in [3.8, 4) is 17.1 Å². The van der Waals surface area contributed by atoms with Gasteiger partial charge in [-0.2, -0.15) is 4.98 Å². The van der Waals surface area contributed by atoms with Crippen molar-refractivity contribution in [1.29, 1.82) is 0 Å². The lowest BCUT2D eigenvalue weighted by molar-refractivity contribution is -0.138. The Bertz CT molecular complexity index is 945. The third-order valence-corrected chi connectivity index (χ3v) is 4.97. The Hall–Kier alpha value is -2.86. The molecule has 0 unspecified atom stereocenters. The van der Waals surface area contributed by atoms with Gasteiger partial charge in [-0.25, -0.2) is 0 Å². The molecule has 28 heavy (non-hydrogen) atoms. The second-order valence-corrected chi connectivity index (χ2v) is 7.10. The third kappa shape index (κ3) is 4.17. The minimum atomic E-state index is -0.235. The fourth-order valence-corrected chi connectivity index (χ4v) is 3.54. The molecular formula is C21H20ClN3O3. The van der Waals surface area contributed by atoms with Crippen LogP contribution in [0.5, 0.6) is 5.75 Å². The van der Waals surface area contributed by atoms with Gasteiger partial charge >= 0.3 is 0 Å². The van der Waals surface area contributed by atoms with Gasteiger partial charge in [-0.1, -0.05) is 47.1 Å². The maximum Gasteiger partial charge on any atom is 0.261 e. The van der Waals surface area contributed by atoms with Gasteiger partial charge in [0.05, 0.1) is 0 Å². The molecule has 1 fully saturated rings. The summed E-state index contributed by atoms with van der Waals surface area (Å²) in [6.07, 6.45) is 2.74. The van der Waals surface area contributed by atoms with E-state index in [1.54, 1.807) is 17.0 Å². The van der Waals surface area contributed by atoms with Crippen molar-refractivity contribution in [2.24, 2.45) is 0 Å². The topological polar surface area (TPSA) is 68.5 Å². The van der Waals surface area contributed by atoms with E-state index in [0.29, 0.717) is 29.0 Å². The second kappa shape index (κ2) is 8.44. The number of amides is 1. The number of hydrogen-bond acceptors (Lipinski definition) is 5. The number of carbonyl (C=O) groups excluding carboxylic acids is 1. The highest BCUT2D eigenvalue weighted by Crippen LogP contribution is 2.31. The molecule has 0 N–H and O–H groups in total. The van der Waals surface area contributed by atoms with E-state index in [1.807, 2.05) is 42.5 Å². The Labute approximate surface area is 168 Å². The van der Waals surface area contributed by atoms with Crippen LogP contribution in [0, 0.1) is 0 Å². The van der Waals surface area contributed by atoms with Gasteiger partial charge in [0.1, 0.15) is 11.8 Å². The predicted octanol–water partition coefficient (Wildman–Crippen LogP) is 4.52. The van der Waals surface area contributed by atoms with Crippen molar-refractivity contribution in [1.82, 2.24) is 15.0 Å². The molecule has 7 heteroatoms. The highest BCUT2D eigenvalue weighted by atomic mass is 35.5. The van der Waals surface area contributed by atoms with E-state index in [2.05, 4.69) is 10.1 Å². The smallest absolute Gasteiger partial charge is 0.261 e. The standard InChI is InChI=1S/C21H20ClN3O3/c22-16-8-6-7-15(13-16)20-23-21(28-24-20)18-11-4-5-12-25(18)19(26)14-27-17-9-2-1-3-10-17/h1-3,6-10,13,18H,4-5,11-12,14H2/t18-/m1/s1. The fraction of sp³-hybridized carbons (Fsp3) is 0.286. The molecule has 0 bridgehead atoms. The first-order chi connectivity index (χ1) is 13.7. The van der Waals surface area contributed by atoms with Crippen LogP contribution in [-0.2, 0) is 4.79 Å². The van der Waals surface area contributed by atoms with E-state index in [9.17, 15) is 4.79 Å².